The van der Waals surface area contributed by atoms with Gasteiger partial charge in [0.05, 0.1) is 12.0 Å². The molecule has 1 heterocycles. The van der Waals surface area contributed by atoms with Crippen LogP contribution in [0.3, 0.4) is 0 Å². The first-order valence-electron chi connectivity index (χ1n) is 8.99. The molecule has 1 aromatic carbocycles. The molecule has 1 aliphatic carbocycles. The van der Waals surface area contributed by atoms with Crippen molar-refractivity contribution in [2.24, 2.45) is 0 Å². The van der Waals surface area contributed by atoms with Crippen LogP contribution in [0.25, 0.3) is 11.5 Å². The number of nitrogens with zero attached hydrogens (tertiary/aromatic N) is 2. The van der Waals surface area contributed by atoms with E-state index in [1.807, 2.05) is 31.2 Å². The number of amides is 1. The first-order valence-corrected chi connectivity index (χ1v) is 8.99. The van der Waals surface area contributed by atoms with Gasteiger partial charge >= 0.3 is 0 Å². The summed E-state index contributed by atoms with van der Waals surface area (Å²) >= 11 is 0. The molecule has 6 nitrogen and oxygen atoms in total. The average molecular weight is 343 g/mol. The van der Waals surface area contributed by atoms with Crippen molar-refractivity contribution in [3.63, 3.8) is 0 Å². The van der Waals surface area contributed by atoms with E-state index in [1.165, 1.54) is 0 Å². The van der Waals surface area contributed by atoms with Crippen LogP contribution in [0.5, 0.6) is 0 Å². The highest BCUT2D eigenvalue weighted by Gasteiger charge is 2.33. The van der Waals surface area contributed by atoms with Crippen molar-refractivity contribution in [3.8, 4) is 11.5 Å². The van der Waals surface area contributed by atoms with Gasteiger partial charge in [-0.15, -0.1) is 0 Å². The lowest BCUT2D eigenvalue weighted by Gasteiger charge is -2.21. The van der Waals surface area contributed by atoms with Crippen LogP contribution in [-0.4, -0.2) is 33.3 Å². The van der Waals surface area contributed by atoms with Crippen LogP contribution in [0.4, 0.5) is 0 Å². The molecule has 0 atom stereocenters. The fraction of sp³-hybridized carbons (Fsp3) is 0.526. The molecule has 134 valence electrons. The smallest absolute Gasteiger partial charge is 0.257 e. The molecule has 2 aromatic rings. The van der Waals surface area contributed by atoms with Gasteiger partial charge in [0.1, 0.15) is 0 Å². The third-order valence-corrected chi connectivity index (χ3v) is 4.74. The Morgan fingerprint density at radius 2 is 2.00 bits per heavy atom. The minimum absolute atomic E-state index is 0.0704. The van der Waals surface area contributed by atoms with Crippen molar-refractivity contribution in [1.29, 1.82) is 0 Å². The molecule has 0 radical (unpaired) electrons. The molecule has 25 heavy (non-hydrogen) atoms. The monoisotopic (exact) mass is 343 g/mol. The Bertz CT molecular complexity index is 703. The van der Waals surface area contributed by atoms with E-state index in [0.29, 0.717) is 18.3 Å². The summed E-state index contributed by atoms with van der Waals surface area (Å²) in [6.07, 6.45) is 5.19. The molecule has 0 unspecified atom stereocenters. The Balaban J connectivity index is 1.46. The summed E-state index contributed by atoms with van der Waals surface area (Å²) in [5.74, 6) is 1.16. The zero-order valence-electron chi connectivity index (χ0n) is 14.6. The van der Waals surface area contributed by atoms with Crippen molar-refractivity contribution >= 4 is 5.91 Å². The minimum Gasteiger partial charge on any atom is -0.389 e. The van der Waals surface area contributed by atoms with E-state index >= 15 is 0 Å². The van der Waals surface area contributed by atoms with E-state index < -0.39 is 5.60 Å². The minimum atomic E-state index is -0.785. The predicted octanol–water partition coefficient (Wildman–Crippen LogP) is 2.65. The van der Waals surface area contributed by atoms with Gasteiger partial charge in [0.15, 0.2) is 5.82 Å². The third kappa shape index (κ3) is 4.66. The summed E-state index contributed by atoms with van der Waals surface area (Å²) < 4.78 is 5.22. The quantitative estimate of drug-likeness (QED) is 0.807. The Morgan fingerprint density at radius 1 is 1.28 bits per heavy atom. The fourth-order valence-electron chi connectivity index (χ4n) is 3.25. The van der Waals surface area contributed by atoms with E-state index in [0.717, 1.165) is 49.7 Å². The SMILES string of the molecule is CCc1noc(-c2ccc(CCNC(=O)CC3(O)CCCC3)cc2)n1. The fourth-order valence-corrected chi connectivity index (χ4v) is 3.25. The highest BCUT2D eigenvalue weighted by Crippen LogP contribution is 2.32. The Kier molecular flexibility index (Phi) is 5.48. The Morgan fingerprint density at radius 3 is 2.64 bits per heavy atom. The largest absolute Gasteiger partial charge is 0.389 e. The molecule has 6 heteroatoms. The second kappa shape index (κ2) is 7.78. The maximum atomic E-state index is 12.0. The van der Waals surface area contributed by atoms with Gasteiger partial charge in [0.25, 0.3) is 5.89 Å². The van der Waals surface area contributed by atoms with Crippen molar-refractivity contribution in [2.45, 2.75) is 57.5 Å². The summed E-state index contributed by atoms with van der Waals surface area (Å²) in [4.78, 5) is 16.3. The summed E-state index contributed by atoms with van der Waals surface area (Å²) in [6.45, 7) is 2.55. The number of rotatable bonds is 7. The first kappa shape index (κ1) is 17.6. The number of nitrogens with one attached hydrogen (secondary N) is 1. The van der Waals surface area contributed by atoms with E-state index in [1.54, 1.807) is 0 Å². The van der Waals surface area contributed by atoms with Gasteiger partial charge in [-0.3, -0.25) is 4.79 Å². The van der Waals surface area contributed by atoms with Gasteiger partial charge in [-0.2, -0.15) is 4.98 Å². The second-order valence-corrected chi connectivity index (χ2v) is 6.77. The van der Waals surface area contributed by atoms with E-state index in [2.05, 4.69) is 15.5 Å². The van der Waals surface area contributed by atoms with Crippen molar-refractivity contribution in [1.82, 2.24) is 15.5 Å². The zero-order valence-corrected chi connectivity index (χ0v) is 14.6. The standard InChI is InChI=1S/C19H25N3O3/c1-2-16-21-18(25-22-16)15-7-5-14(6-8-15)9-12-20-17(23)13-19(24)10-3-4-11-19/h5-8,24H,2-4,9-13H2,1H3,(H,20,23). The number of benzene rings is 1. The number of aryl methyl sites for hydroxylation is 1. The highest BCUT2D eigenvalue weighted by atomic mass is 16.5. The number of carbonyl (C=O) groups is 1. The van der Waals surface area contributed by atoms with Crippen LogP contribution < -0.4 is 5.32 Å². The topological polar surface area (TPSA) is 88.2 Å². The molecule has 1 aromatic heterocycles. The van der Waals surface area contributed by atoms with E-state index in [4.69, 9.17) is 4.52 Å². The van der Waals surface area contributed by atoms with Crippen LogP contribution in [0.1, 0.15) is 50.4 Å². The van der Waals surface area contributed by atoms with Crippen molar-refractivity contribution in [2.75, 3.05) is 6.54 Å². The molecule has 2 N–H and O–H groups in total. The summed E-state index contributed by atoms with van der Waals surface area (Å²) in [5.41, 5.74) is 1.23. The molecule has 1 amide bonds. The average Bonchev–Trinajstić information content (AvgIpc) is 3.24. The molecule has 3 rings (SSSR count). The predicted molar refractivity (Wildman–Crippen MR) is 93.9 cm³/mol. The van der Waals surface area contributed by atoms with Gasteiger partial charge < -0.3 is 14.9 Å². The van der Waals surface area contributed by atoms with Crippen LogP contribution in [0, 0.1) is 0 Å². The molecule has 1 saturated carbocycles. The van der Waals surface area contributed by atoms with Gasteiger partial charge in [-0.05, 0) is 37.0 Å². The summed E-state index contributed by atoms with van der Waals surface area (Å²) in [6, 6.07) is 7.90. The Labute approximate surface area is 147 Å². The summed E-state index contributed by atoms with van der Waals surface area (Å²) in [5, 5.41) is 17.1. The van der Waals surface area contributed by atoms with Crippen LogP contribution >= 0.6 is 0 Å². The number of carbonyl (C=O) groups excluding carboxylic acids is 1. The van der Waals surface area contributed by atoms with Crippen molar-refractivity contribution in [3.05, 3.63) is 35.7 Å². The molecule has 1 aliphatic rings. The molecule has 0 aliphatic heterocycles. The molecule has 0 saturated heterocycles. The molecular formula is C19H25N3O3. The van der Waals surface area contributed by atoms with Gasteiger partial charge in [0, 0.05) is 18.5 Å². The normalized spacial score (nSPS) is 16.1. The lowest BCUT2D eigenvalue weighted by atomic mass is 9.97. The van der Waals surface area contributed by atoms with Crippen molar-refractivity contribution < 1.29 is 14.4 Å². The van der Waals surface area contributed by atoms with Crippen LogP contribution in [0.2, 0.25) is 0 Å². The van der Waals surface area contributed by atoms with Crippen LogP contribution in [0.15, 0.2) is 28.8 Å². The van der Waals surface area contributed by atoms with E-state index in [9.17, 15) is 9.90 Å². The third-order valence-electron chi connectivity index (χ3n) is 4.74. The van der Waals surface area contributed by atoms with Gasteiger partial charge in [-0.1, -0.05) is 37.1 Å². The summed E-state index contributed by atoms with van der Waals surface area (Å²) in [7, 11) is 0. The molecule has 0 bridgehead atoms. The second-order valence-electron chi connectivity index (χ2n) is 6.77. The maximum Gasteiger partial charge on any atom is 0.257 e. The van der Waals surface area contributed by atoms with Gasteiger partial charge in [-0.25, -0.2) is 0 Å². The number of aromatic nitrogens is 2. The van der Waals surface area contributed by atoms with Crippen LogP contribution in [-0.2, 0) is 17.6 Å². The number of hydrogen-bond acceptors (Lipinski definition) is 5. The zero-order chi connectivity index (χ0) is 17.7. The first-order chi connectivity index (χ1) is 12.1. The highest BCUT2D eigenvalue weighted by molar-refractivity contribution is 5.77. The molecule has 1 fully saturated rings. The maximum absolute atomic E-state index is 12.0. The molecular weight excluding hydrogens is 318 g/mol. The van der Waals surface area contributed by atoms with Gasteiger partial charge in [0.2, 0.25) is 5.91 Å². The lowest BCUT2D eigenvalue weighted by molar-refractivity contribution is -0.125. The number of hydrogen-bond donors (Lipinski definition) is 2. The number of aliphatic hydroxyl groups is 1. The molecule has 0 spiro atoms. The van der Waals surface area contributed by atoms with E-state index in [-0.39, 0.29) is 12.3 Å². The Hall–Kier alpha value is -2.21. The lowest BCUT2D eigenvalue weighted by Crippen LogP contribution is -2.35.